The summed E-state index contributed by atoms with van der Waals surface area (Å²) < 4.78 is 5.70. The van der Waals surface area contributed by atoms with Crippen molar-refractivity contribution in [3.63, 3.8) is 0 Å². The molecule has 0 aliphatic rings. The van der Waals surface area contributed by atoms with Gasteiger partial charge in [-0.15, -0.1) is 0 Å². The zero-order valence-corrected chi connectivity index (χ0v) is 13.9. The molecule has 0 saturated carbocycles. The van der Waals surface area contributed by atoms with Gasteiger partial charge < -0.3 is 15.8 Å². The summed E-state index contributed by atoms with van der Waals surface area (Å²) in [4.78, 5) is 11.7. The van der Waals surface area contributed by atoms with Gasteiger partial charge in [0.1, 0.15) is 5.75 Å². The van der Waals surface area contributed by atoms with Gasteiger partial charge in [0.2, 0.25) is 5.91 Å². The van der Waals surface area contributed by atoms with E-state index < -0.39 is 6.04 Å². The van der Waals surface area contributed by atoms with Crippen LogP contribution < -0.4 is 15.8 Å². The van der Waals surface area contributed by atoms with Gasteiger partial charge in [0.15, 0.2) is 0 Å². The molecule has 0 bridgehead atoms. The maximum absolute atomic E-state index is 11.7. The van der Waals surface area contributed by atoms with Crippen LogP contribution in [0.15, 0.2) is 24.3 Å². The summed E-state index contributed by atoms with van der Waals surface area (Å²) in [5.41, 5.74) is 6.43. The average molecular weight is 306 g/mol. The fraction of sp³-hybridized carbons (Fsp3) is 0.611. The molecule has 0 saturated heterocycles. The number of carbonyl (C=O) groups is 1. The monoisotopic (exact) mass is 306 g/mol. The van der Waals surface area contributed by atoms with E-state index in [1.165, 1.54) is 32.1 Å². The van der Waals surface area contributed by atoms with Crippen molar-refractivity contribution < 1.29 is 9.53 Å². The summed E-state index contributed by atoms with van der Waals surface area (Å²) in [6.07, 6.45) is 8.17. The molecule has 0 spiro atoms. The van der Waals surface area contributed by atoms with Crippen LogP contribution in [0.25, 0.3) is 0 Å². The van der Waals surface area contributed by atoms with Crippen LogP contribution in [-0.4, -0.2) is 18.6 Å². The summed E-state index contributed by atoms with van der Waals surface area (Å²) in [7, 11) is 0. The van der Waals surface area contributed by atoms with Gasteiger partial charge in [-0.3, -0.25) is 4.79 Å². The van der Waals surface area contributed by atoms with Gasteiger partial charge in [-0.25, -0.2) is 0 Å². The first kappa shape index (κ1) is 18.5. The second-order valence-electron chi connectivity index (χ2n) is 5.64. The quantitative estimate of drug-likeness (QED) is 0.605. The Morgan fingerprint density at radius 2 is 1.73 bits per heavy atom. The first-order valence-electron chi connectivity index (χ1n) is 8.46. The topological polar surface area (TPSA) is 64.3 Å². The van der Waals surface area contributed by atoms with E-state index in [4.69, 9.17) is 10.5 Å². The van der Waals surface area contributed by atoms with E-state index in [0.29, 0.717) is 6.42 Å². The molecule has 22 heavy (non-hydrogen) atoms. The highest BCUT2D eigenvalue weighted by molar-refractivity contribution is 5.94. The van der Waals surface area contributed by atoms with Crippen LogP contribution in [-0.2, 0) is 4.79 Å². The standard InChI is InChI=1S/C18H30N2O2/c1-3-5-6-7-8-9-14-22-16-12-10-15(11-13-16)20-18(21)17(19)4-2/h10-13,17H,3-9,14,19H2,1-2H3,(H,20,21). The van der Waals surface area contributed by atoms with E-state index in [2.05, 4.69) is 12.2 Å². The third-order valence-electron chi connectivity index (χ3n) is 3.67. The largest absolute Gasteiger partial charge is 0.494 e. The summed E-state index contributed by atoms with van der Waals surface area (Å²) in [5.74, 6) is 0.689. The lowest BCUT2D eigenvalue weighted by Crippen LogP contribution is -2.34. The van der Waals surface area contributed by atoms with Gasteiger partial charge in [0.05, 0.1) is 12.6 Å². The number of ether oxygens (including phenoxy) is 1. The number of hydrogen-bond donors (Lipinski definition) is 2. The molecule has 1 unspecified atom stereocenters. The van der Waals surface area contributed by atoms with Gasteiger partial charge in [-0.2, -0.15) is 0 Å². The molecule has 4 nitrogen and oxygen atoms in total. The molecule has 0 aliphatic heterocycles. The highest BCUT2D eigenvalue weighted by atomic mass is 16.5. The maximum Gasteiger partial charge on any atom is 0.241 e. The summed E-state index contributed by atoms with van der Waals surface area (Å²) in [6, 6.07) is 6.99. The minimum atomic E-state index is -0.455. The summed E-state index contributed by atoms with van der Waals surface area (Å²) in [6.45, 7) is 4.87. The van der Waals surface area contributed by atoms with Crippen LogP contribution in [0.1, 0.15) is 58.8 Å². The van der Waals surface area contributed by atoms with Crippen LogP contribution >= 0.6 is 0 Å². The molecule has 3 N–H and O–H groups in total. The first-order chi connectivity index (χ1) is 10.7. The Morgan fingerprint density at radius 3 is 2.36 bits per heavy atom. The van der Waals surface area contributed by atoms with Gasteiger partial charge in [-0.05, 0) is 37.1 Å². The molecule has 1 aromatic rings. The minimum absolute atomic E-state index is 0.150. The van der Waals surface area contributed by atoms with Gasteiger partial charge in [0.25, 0.3) is 0 Å². The number of benzene rings is 1. The zero-order valence-electron chi connectivity index (χ0n) is 13.9. The third kappa shape index (κ3) is 7.46. The smallest absolute Gasteiger partial charge is 0.241 e. The Kier molecular flexibility index (Phi) is 9.31. The molecule has 0 aliphatic carbocycles. The Hall–Kier alpha value is -1.55. The third-order valence-corrected chi connectivity index (χ3v) is 3.67. The fourth-order valence-electron chi connectivity index (χ4n) is 2.13. The lowest BCUT2D eigenvalue weighted by Gasteiger charge is -2.11. The predicted octanol–water partition coefficient (Wildman–Crippen LogP) is 4.10. The number of nitrogens with one attached hydrogen (secondary N) is 1. The number of nitrogens with two attached hydrogens (primary N) is 1. The molecule has 1 amide bonds. The van der Waals surface area contributed by atoms with E-state index in [-0.39, 0.29) is 5.91 Å². The number of anilines is 1. The van der Waals surface area contributed by atoms with Crippen molar-refractivity contribution in [2.24, 2.45) is 5.73 Å². The second-order valence-corrected chi connectivity index (χ2v) is 5.64. The van der Waals surface area contributed by atoms with E-state index >= 15 is 0 Å². The van der Waals surface area contributed by atoms with E-state index in [1.54, 1.807) is 0 Å². The van der Waals surface area contributed by atoms with Crippen molar-refractivity contribution in [3.8, 4) is 5.75 Å². The van der Waals surface area contributed by atoms with Crippen LogP contribution in [0.4, 0.5) is 5.69 Å². The Labute approximate surface area is 134 Å². The maximum atomic E-state index is 11.7. The Morgan fingerprint density at radius 1 is 1.09 bits per heavy atom. The van der Waals surface area contributed by atoms with Gasteiger partial charge in [-0.1, -0.05) is 46.0 Å². The SMILES string of the molecule is CCCCCCCCOc1ccc(NC(=O)C(N)CC)cc1. The van der Waals surface area contributed by atoms with Crippen molar-refractivity contribution in [1.29, 1.82) is 0 Å². The summed E-state index contributed by atoms with van der Waals surface area (Å²) >= 11 is 0. The fourth-order valence-corrected chi connectivity index (χ4v) is 2.13. The number of rotatable bonds is 11. The molecule has 124 valence electrons. The lowest BCUT2D eigenvalue weighted by atomic mass is 10.1. The normalized spacial score (nSPS) is 12.0. The van der Waals surface area contributed by atoms with Crippen LogP contribution in [0.3, 0.4) is 0 Å². The van der Waals surface area contributed by atoms with E-state index in [9.17, 15) is 4.79 Å². The molecule has 1 atom stereocenters. The van der Waals surface area contributed by atoms with Crippen LogP contribution in [0.2, 0.25) is 0 Å². The van der Waals surface area contributed by atoms with Gasteiger partial charge in [0, 0.05) is 5.69 Å². The second kappa shape index (κ2) is 11.1. The molecular formula is C18H30N2O2. The highest BCUT2D eigenvalue weighted by Gasteiger charge is 2.10. The molecule has 4 heteroatoms. The molecule has 1 aromatic carbocycles. The summed E-state index contributed by atoms with van der Waals surface area (Å²) in [5, 5.41) is 2.80. The van der Waals surface area contributed by atoms with Crippen LogP contribution in [0.5, 0.6) is 5.75 Å². The minimum Gasteiger partial charge on any atom is -0.494 e. The number of hydrogen-bond acceptors (Lipinski definition) is 3. The Bertz CT molecular complexity index is 418. The number of amides is 1. The molecule has 0 fully saturated rings. The highest BCUT2D eigenvalue weighted by Crippen LogP contribution is 2.16. The predicted molar refractivity (Wildman–Crippen MR) is 92.2 cm³/mol. The lowest BCUT2D eigenvalue weighted by molar-refractivity contribution is -0.117. The van der Waals surface area contributed by atoms with E-state index in [0.717, 1.165) is 24.5 Å². The number of unbranched alkanes of at least 4 members (excludes halogenated alkanes) is 5. The van der Waals surface area contributed by atoms with E-state index in [1.807, 2.05) is 31.2 Å². The zero-order chi connectivity index (χ0) is 16.2. The first-order valence-corrected chi connectivity index (χ1v) is 8.46. The van der Waals surface area contributed by atoms with Crippen molar-refractivity contribution in [1.82, 2.24) is 0 Å². The van der Waals surface area contributed by atoms with Crippen molar-refractivity contribution in [2.75, 3.05) is 11.9 Å². The molecule has 0 radical (unpaired) electrons. The molecular weight excluding hydrogens is 276 g/mol. The average Bonchev–Trinajstić information content (AvgIpc) is 2.54. The van der Waals surface area contributed by atoms with Crippen molar-refractivity contribution in [3.05, 3.63) is 24.3 Å². The number of carbonyl (C=O) groups excluding carboxylic acids is 1. The van der Waals surface area contributed by atoms with Crippen molar-refractivity contribution in [2.45, 2.75) is 64.8 Å². The molecule has 0 aromatic heterocycles. The molecule has 1 rings (SSSR count). The van der Waals surface area contributed by atoms with Crippen molar-refractivity contribution >= 4 is 11.6 Å². The van der Waals surface area contributed by atoms with Crippen LogP contribution in [0, 0.1) is 0 Å². The Balaban J connectivity index is 2.23. The molecule has 0 heterocycles. The van der Waals surface area contributed by atoms with Gasteiger partial charge >= 0.3 is 0 Å².